The molecule has 0 spiro atoms. The standard InChI is InChI=1S/C16H15FO3/c1-10-9-11(5-6-13(10)17)15(18)12-3-2-4-14-16(12)20-8-7-19-14/h2-6,9,15,18H,7-8H2,1H3. The van der Waals surface area contributed by atoms with Gasteiger partial charge in [0.25, 0.3) is 0 Å². The monoisotopic (exact) mass is 274 g/mol. The van der Waals surface area contributed by atoms with E-state index in [2.05, 4.69) is 0 Å². The average molecular weight is 274 g/mol. The van der Waals surface area contributed by atoms with Gasteiger partial charge < -0.3 is 14.6 Å². The molecular formula is C16H15FO3. The predicted octanol–water partition coefficient (Wildman–Crippen LogP) is 2.99. The zero-order valence-corrected chi connectivity index (χ0v) is 11.1. The third kappa shape index (κ3) is 2.23. The fourth-order valence-corrected chi connectivity index (χ4v) is 2.33. The minimum Gasteiger partial charge on any atom is -0.486 e. The molecular weight excluding hydrogens is 259 g/mol. The van der Waals surface area contributed by atoms with E-state index in [1.54, 1.807) is 31.2 Å². The molecule has 104 valence electrons. The molecule has 0 aliphatic carbocycles. The van der Waals surface area contributed by atoms with Crippen LogP contribution in [0.3, 0.4) is 0 Å². The summed E-state index contributed by atoms with van der Waals surface area (Å²) in [6, 6.07) is 9.99. The van der Waals surface area contributed by atoms with Crippen molar-refractivity contribution in [2.24, 2.45) is 0 Å². The summed E-state index contributed by atoms with van der Waals surface area (Å²) < 4.78 is 24.4. The van der Waals surface area contributed by atoms with E-state index in [9.17, 15) is 9.50 Å². The summed E-state index contributed by atoms with van der Waals surface area (Å²) in [6.45, 7) is 2.63. The fourth-order valence-electron chi connectivity index (χ4n) is 2.33. The van der Waals surface area contributed by atoms with Gasteiger partial charge in [-0.05, 0) is 30.2 Å². The minimum atomic E-state index is -0.869. The molecule has 0 fully saturated rings. The van der Waals surface area contributed by atoms with Gasteiger partial charge in [0.15, 0.2) is 11.5 Å². The Morgan fingerprint density at radius 2 is 1.95 bits per heavy atom. The summed E-state index contributed by atoms with van der Waals surface area (Å²) >= 11 is 0. The van der Waals surface area contributed by atoms with Gasteiger partial charge in [0.2, 0.25) is 0 Å². The van der Waals surface area contributed by atoms with Crippen molar-refractivity contribution in [1.29, 1.82) is 0 Å². The van der Waals surface area contributed by atoms with Crippen LogP contribution in [0, 0.1) is 12.7 Å². The van der Waals surface area contributed by atoms with Gasteiger partial charge >= 0.3 is 0 Å². The number of para-hydroxylation sites is 1. The summed E-state index contributed by atoms with van der Waals surface area (Å²) in [6.07, 6.45) is -0.869. The molecule has 2 aromatic rings. The van der Waals surface area contributed by atoms with Gasteiger partial charge in [-0.3, -0.25) is 0 Å². The highest BCUT2D eigenvalue weighted by atomic mass is 19.1. The number of benzene rings is 2. The Morgan fingerprint density at radius 1 is 1.15 bits per heavy atom. The van der Waals surface area contributed by atoms with Crippen LogP contribution in [0.1, 0.15) is 22.8 Å². The number of aliphatic hydroxyl groups excluding tert-OH is 1. The van der Waals surface area contributed by atoms with Gasteiger partial charge in [0.05, 0.1) is 0 Å². The first-order valence-electron chi connectivity index (χ1n) is 6.49. The van der Waals surface area contributed by atoms with Crippen LogP contribution < -0.4 is 9.47 Å². The number of ether oxygens (including phenoxy) is 2. The van der Waals surface area contributed by atoms with Crippen LogP contribution in [-0.4, -0.2) is 18.3 Å². The van der Waals surface area contributed by atoms with Gasteiger partial charge in [-0.15, -0.1) is 0 Å². The molecule has 0 amide bonds. The number of rotatable bonds is 2. The largest absolute Gasteiger partial charge is 0.486 e. The Hall–Kier alpha value is -2.07. The molecule has 20 heavy (non-hydrogen) atoms. The zero-order valence-electron chi connectivity index (χ0n) is 11.1. The number of aryl methyl sites for hydroxylation is 1. The molecule has 0 radical (unpaired) electrons. The number of halogens is 1. The highest BCUT2D eigenvalue weighted by Crippen LogP contribution is 2.39. The molecule has 1 aliphatic rings. The van der Waals surface area contributed by atoms with Crippen molar-refractivity contribution >= 4 is 0 Å². The fraction of sp³-hybridized carbons (Fsp3) is 0.250. The number of aliphatic hydroxyl groups is 1. The van der Waals surface area contributed by atoms with Crippen molar-refractivity contribution in [3.8, 4) is 11.5 Å². The van der Waals surface area contributed by atoms with Crippen LogP contribution in [0.5, 0.6) is 11.5 Å². The molecule has 1 N–H and O–H groups in total. The average Bonchev–Trinajstić information content (AvgIpc) is 2.49. The van der Waals surface area contributed by atoms with Crippen LogP contribution in [0.15, 0.2) is 36.4 Å². The van der Waals surface area contributed by atoms with Gasteiger partial charge in [-0.1, -0.05) is 24.3 Å². The Bertz CT molecular complexity index is 640. The molecule has 3 nitrogen and oxygen atoms in total. The first-order chi connectivity index (χ1) is 9.66. The molecule has 2 aromatic carbocycles. The third-order valence-electron chi connectivity index (χ3n) is 3.39. The lowest BCUT2D eigenvalue weighted by atomic mass is 9.98. The van der Waals surface area contributed by atoms with E-state index >= 15 is 0 Å². The SMILES string of the molecule is Cc1cc(C(O)c2cccc3c2OCCO3)ccc1F. The maximum absolute atomic E-state index is 13.3. The van der Waals surface area contributed by atoms with Crippen LogP contribution in [0.4, 0.5) is 4.39 Å². The second kappa shape index (κ2) is 5.13. The lowest BCUT2D eigenvalue weighted by molar-refractivity contribution is 0.158. The molecule has 0 saturated carbocycles. The number of fused-ring (bicyclic) bond motifs is 1. The maximum Gasteiger partial charge on any atom is 0.167 e. The van der Waals surface area contributed by atoms with Gasteiger partial charge in [-0.2, -0.15) is 0 Å². The normalized spacial score (nSPS) is 14.9. The summed E-state index contributed by atoms with van der Waals surface area (Å²) in [5, 5.41) is 10.5. The summed E-state index contributed by atoms with van der Waals surface area (Å²) in [4.78, 5) is 0. The Morgan fingerprint density at radius 3 is 2.75 bits per heavy atom. The lowest BCUT2D eigenvalue weighted by Gasteiger charge is -2.23. The van der Waals surface area contributed by atoms with E-state index in [0.717, 1.165) is 0 Å². The first-order valence-corrected chi connectivity index (χ1v) is 6.49. The highest BCUT2D eigenvalue weighted by molar-refractivity contribution is 5.50. The highest BCUT2D eigenvalue weighted by Gasteiger charge is 2.22. The lowest BCUT2D eigenvalue weighted by Crippen LogP contribution is -2.17. The van der Waals surface area contributed by atoms with Crippen molar-refractivity contribution in [2.75, 3.05) is 13.2 Å². The van der Waals surface area contributed by atoms with E-state index in [4.69, 9.17) is 9.47 Å². The second-order valence-electron chi connectivity index (χ2n) is 4.78. The second-order valence-corrected chi connectivity index (χ2v) is 4.78. The zero-order chi connectivity index (χ0) is 14.1. The molecule has 4 heteroatoms. The molecule has 0 aromatic heterocycles. The van der Waals surface area contributed by atoms with Gasteiger partial charge in [-0.25, -0.2) is 4.39 Å². The molecule has 0 bridgehead atoms. The molecule has 0 saturated heterocycles. The quantitative estimate of drug-likeness (QED) is 0.915. The van der Waals surface area contributed by atoms with E-state index in [1.807, 2.05) is 6.07 Å². The van der Waals surface area contributed by atoms with Crippen LogP contribution >= 0.6 is 0 Å². The maximum atomic E-state index is 13.3. The van der Waals surface area contributed by atoms with Crippen molar-refractivity contribution in [1.82, 2.24) is 0 Å². The van der Waals surface area contributed by atoms with Crippen molar-refractivity contribution in [3.05, 3.63) is 58.9 Å². The topological polar surface area (TPSA) is 38.7 Å². The van der Waals surface area contributed by atoms with E-state index in [1.165, 1.54) is 6.07 Å². The van der Waals surface area contributed by atoms with Crippen molar-refractivity contribution in [2.45, 2.75) is 13.0 Å². The smallest absolute Gasteiger partial charge is 0.167 e. The molecule has 1 heterocycles. The summed E-state index contributed by atoms with van der Waals surface area (Å²) in [5.41, 5.74) is 1.77. The molecule has 1 aliphatic heterocycles. The Labute approximate surface area is 116 Å². The van der Waals surface area contributed by atoms with Crippen LogP contribution in [-0.2, 0) is 0 Å². The molecule has 1 unspecified atom stereocenters. The van der Waals surface area contributed by atoms with E-state index in [-0.39, 0.29) is 5.82 Å². The number of hydrogen-bond acceptors (Lipinski definition) is 3. The number of hydrogen-bond donors (Lipinski definition) is 1. The first kappa shape index (κ1) is 12.9. The summed E-state index contributed by atoms with van der Waals surface area (Å²) in [5.74, 6) is 0.912. The van der Waals surface area contributed by atoms with Crippen LogP contribution in [0.25, 0.3) is 0 Å². The van der Waals surface area contributed by atoms with Gasteiger partial charge in [0.1, 0.15) is 25.1 Å². The summed E-state index contributed by atoms with van der Waals surface area (Å²) in [7, 11) is 0. The van der Waals surface area contributed by atoms with Gasteiger partial charge in [0, 0.05) is 5.56 Å². The van der Waals surface area contributed by atoms with Crippen LogP contribution in [0.2, 0.25) is 0 Å². The molecule has 3 rings (SSSR count). The molecule has 1 atom stereocenters. The van der Waals surface area contributed by atoms with Crippen molar-refractivity contribution < 1.29 is 19.0 Å². The van der Waals surface area contributed by atoms with Crippen molar-refractivity contribution in [3.63, 3.8) is 0 Å². The van der Waals surface area contributed by atoms with E-state index < -0.39 is 6.10 Å². The Kier molecular flexibility index (Phi) is 3.32. The Balaban J connectivity index is 2.02. The minimum absolute atomic E-state index is 0.282. The van der Waals surface area contributed by atoms with E-state index in [0.29, 0.717) is 41.4 Å². The predicted molar refractivity (Wildman–Crippen MR) is 72.6 cm³/mol. The third-order valence-corrected chi connectivity index (χ3v) is 3.39.